The maximum absolute atomic E-state index is 14.1. The molecule has 2 heterocycles. The van der Waals surface area contributed by atoms with Crippen molar-refractivity contribution in [2.45, 2.75) is 103 Å². The van der Waals surface area contributed by atoms with E-state index in [1.54, 1.807) is 0 Å². The van der Waals surface area contributed by atoms with Crippen molar-refractivity contribution < 1.29 is 14.6 Å². The van der Waals surface area contributed by atoms with Crippen molar-refractivity contribution in [3.8, 4) is 0 Å². The Kier molecular flexibility index (Phi) is 4.64. The lowest BCUT2D eigenvalue weighted by atomic mass is 9.52. The maximum Gasteiger partial charge on any atom is 0.163 e. The van der Waals surface area contributed by atoms with Crippen molar-refractivity contribution in [1.29, 1.82) is 0 Å². The van der Waals surface area contributed by atoms with Gasteiger partial charge in [0.1, 0.15) is 0 Å². The van der Waals surface area contributed by atoms with Crippen molar-refractivity contribution in [3.63, 3.8) is 0 Å². The van der Waals surface area contributed by atoms with E-state index in [1.807, 2.05) is 0 Å². The lowest BCUT2D eigenvalue weighted by Crippen LogP contribution is -2.49. The summed E-state index contributed by atoms with van der Waals surface area (Å²) in [5.41, 5.74) is 2.29. The molecule has 4 aliphatic carbocycles. The van der Waals surface area contributed by atoms with Gasteiger partial charge in [-0.25, -0.2) is 0 Å². The molecule has 4 heteroatoms. The number of hydrogen-bond acceptors (Lipinski definition) is 4. The van der Waals surface area contributed by atoms with Gasteiger partial charge in [0.15, 0.2) is 5.78 Å². The second-order valence-corrected chi connectivity index (χ2v) is 12.5. The average molecular weight is 428 g/mol. The smallest absolute Gasteiger partial charge is 0.163 e. The highest BCUT2D eigenvalue weighted by atomic mass is 16.5. The van der Waals surface area contributed by atoms with E-state index in [-0.39, 0.29) is 29.1 Å². The zero-order chi connectivity index (χ0) is 21.7. The Morgan fingerprint density at radius 2 is 1.90 bits per heavy atom. The SMILES string of the molecule is CC1=C2C(=O)[C@H]3[C@@H](CC[C@H]4C[C@@H](O)CC[C@@]43C)[C@@H]2CC[C@]12O[C@@H]1C[C@H](C)CN[C@H]1[C@H]2C. The number of carbonyl (C=O) groups excluding carboxylic acids is 1. The Labute approximate surface area is 187 Å². The van der Waals surface area contributed by atoms with Crippen LogP contribution in [0.1, 0.15) is 79.1 Å². The molecule has 5 fully saturated rings. The van der Waals surface area contributed by atoms with Crippen molar-refractivity contribution >= 4 is 5.78 Å². The van der Waals surface area contributed by atoms with E-state index in [2.05, 4.69) is 33.0 Å². The summed E-state index contributed by atoms with van der Waals surface area (Å²) in [5.74, 6) is 3.17. The van der Waals surface area contributed by atoms with Gasteiger partial charge in [-0.15, -0.1) is 0 Å². The molecule has 11 atom stereocenters. The Balaban J connectivity index is 1.38. The Hall–Kier alpha value is -0.710. The highest BCUT2D eigenvalue weighted by molar-refractivity contribution is 6.02. The van der Waals surface area contributed by atoms with Crippen LogP contribution >= 0.6 is 0 Å². The fraction of sp³-hybridized carbons (Fsp3) is 0.889. The summed E-state index contributed by atoms with van der Waals surface area (Å²) in [5, 5.41) is 14.1. The van der Waals surface area contributed by atoms with Gasteiger partial charge >= 0.3 is 0 Å². The fourth-order valence-corrected chi connectivity index (χ4v) is 9.50. The number of carbonyl (C=O) groups is 1. The number of ketones is 1. The number of hydrogen-bond donors (Lipinski definition) is 2. The average Bonchev–Trinajstić information content (AvgIpc) is 3.18. The minimum atomic E-state index is -0.246. The van der Waals surface area contributed by atoms with Gasteiger partial charge in [0, 0.05) is 23.5 Å². The first-order chi connectivity index (χ1) is 14.8. The predicted octanol–water partition coefficient (Wildman–Crippen LogP) is 4.26. The summed E-state index contributed by atoms with van der Waals surface area (Å²) in [6, 6.07) is 0.420. The molecule has 0 radical (unpaired) electrons. The van der Waals surface area contributed by atoms with Crippen LogP contribution in [0.2, 0.25) is 0 Å². The molecule has 2 N–H and O–H groups in total. The van der Waals surface area contributed by atoms with Crippen molar-refractivity contribution in [1.82, 2.24) is 5.32 Å². The van der Waals surface area contributed by atoms with Gasteiger partial charge in [0.2, 0.25) is 0 Å². The number of nitrogens with one attached hydrogen (secondary N) is 1. The van der Waals surface area contributed by atoms with Gasteiger partial charge in [-0.1, -0.05) is 20.8 Å². The standard InChI is InChI=1S/C27H41NO3/c1-14-11-21-24(28-13-14)16(3)27(31-21)10-8-19-20-6-5-17-12-18(29)7-9-26(17,4)23(20)25(30)22(19)15(27)2/h14,16-21,23-24,28-29H,5-13H2,1-4H3/t14-,16+,17-,18-,19-,20-,21+,23+,24-,26-,27-/m0/s1. The quantitative estimate of drug-likeness (QED) is 0.606. The molecule has 2 saturated heterocycles. The second-order valence-electron chi connectivity index (χ2n) is 12.5. The van der Waals surface area contributed by atoms with Gasteiger partial charge in [-0.2, -0.15) is 0 Å². The minimum absolute atomic E-state index is 0.0735. The number of aliphatic hydroxyl groups is 1. The van der Waals surface area contributed by atoms with E-state index < -0.39 is 0 Å². The molecular weight excluding hydrogens is 386 g/mol. The number of ether oxygens (including phenoxy) is 1. The molecule has 3 saturated carbocycles. The molecule has 0 aromatic rings. The van der Waals surface area contributed by atoms with Crippen LogP contribution in [0.4, 0.5) is 0 Å². The Bertz CT molecular complexity index is 821. The normalized spacial score (nSPS) is 56.3. The van der Waals surface area contributed by atoms with E-state index >= 15 is 0 Å². The zero-order valence-corrected chi connectivity index (χ0v) is 19.8. The Morgan fingerprint density at radius 1 is 1.10 bits per heavy atom. The van der Waals surface area contributed by atoms with Crippen molar-refractivity contribution in [2.24, 2.45) is 40.9 Å². The summed E-state index contributed by atoms with van der Waals surface area (Å²) in [6.45, 7) is 10.4. The number of fused-ring (bicyclic) bond motifs is 6. The topological polar surface area (TPSA) is 58.6 Å². The molecule has 6 rings (SSSR count). The van der Waals surface area contributed by atoms with Crippen LogP contribution in [0.3, 0.4) is 0 Å². The van der Waals surface area contributed by atoms with E-state index in [0.29, 0.717) is 41.4 Å². The first-order valence-corrected chi connectivity index (χ1v) is 13.1. The van der Waals surface area contributed by atoms with Crippen LogP contribution in [0.15, 0.2) is 11.1 Å². The van der Waals surface area contributed by atoms with Gasteiger partial charge in [-0.05, 0) is 99.5 Å². The molecule has 0 bridgehead atoms. The van der Waals surface area contributed by atoms with Crippen LogP contribution < -0.4 is 5.32 Å². The number of aliphatic hydroxyl groups excluding tert-OH is 1. The summed E-state index contributed by atoms with van der Waals surface area (Å²) >= 11 is 0. The number of rotatable bonds is 0. The van der Waals surface area contributed by atoms with Crippen LogP contribution in [-0.4, -0.2) is 41.3 Å². The fourth-order valence-electron chi connectivity index (χ4n) is 9.50. The summed E-state index contributed by atoms with van der Waals surface area (Å²) in [6.07, 6.45) is 8.57. The van der Waals surface area contributed by atoms with Gasteiger partial charge in [-0.3, -0.25) is 4.79 Å². The number of piperidine rings is 1. The third kappa shape index (κ3) is 2.68. The summed E-state index contributed by atoms with van der Waals surface area (Å²) in [7, 11) is 0. The van der Waals surface area contributed by atoms with Crippen molar-refractivity contribution in [2.75, 3.05) is 6.54 Å². The molecule has 172 valence electrons. The van der Waals surface area contributed by atoms with Gasteiger partial charge in [0.25, 0.3) is 0 Å². The largest absolute Gasteiger partial charge is 0.393 e. The van der Waals surface area contributed by atoms with Crippen LogP contribution in [0.25, 0.3) is 0 Å². The monoisotopic (exact) mass is 427 g/mol. The van der Waals surface area contributed by atoms with E-state index in [0.717, 1.165) is 45.1 Å². The summed E-state index contributed by atoms with van der Waals surface area (Å²) < 4.78 is 6.94. The first kappa shape index (κ1) is 20.9. The number of allylic oxidation sites excluding steroid dienone is 1. The lowest BCUT2D eigenvalue weighted by molar-refractivity contribution is -0.132. The second kappa shape index (κ2) is 6.90. The van der Waals surface area contributed by atoms with Crippen LogP contribution in [0.5, 0.6) is 0 Å². The van der Waals surface area contributed by atoms with Gasteiger partial charge < -0.3 is 15.2 Å². The molecule has 31 heavy (non-hydrogen) atoms. The van der Waals surface area contributed by atoms with Gasteiger partial charge in [0.05, 0.1) is 17.8 Å². The minimum Gasteiger partial charge on any atom is -0.393 e. The highest BCUT2D eigenvalue weighted by Crippen LogP contribution is 2.65. The molecule has 2 aliphatic heterocycles. The van der Waals surface area contributed by atoms with Crippen LogP contribution in [-0.2, 0) is 9.53 Å². The molecule has 0 aromatic carbocycles. The Morgan fingerprint density at radius 3 is 2.71 bits per heavy atom. The van der Waals surface area contributed by atoms with Crippen LogP contribution in [0, 0.1) is 40.9 Å². The van der Waals surface area contributed by atoms with E-state index in [9.17, 15) is 9.90 Å². The molecule has 0 amide bonds. The predicted molar refractivity (Wildman–Crippen MR) is 120 cm³/mol. The summed E-state index contributed by atoms with van der Waals surface area (Å²) in [4.78, 5) is 14.1. The molecule has 0 aromatic heterocycles. The number of Topliss-reactive ketones (excluding diaryl/α,β-unsaturated/α-hetero) is 1. The molecule has 0 unspecified atom stereocenters. The molecule has 6 aliphatic rings. The van der Waals surface area contributed by atoms with E-state index in [1.165, 1.54) is 24.0 Å². The zero-order valence-electron chi connectivity index (χ0n) is 19.8. The maximum atomic E-state index is 14.1. The molecule has 1 spiro atoms. The van der Waals surface area contributed by atoms with Crippen molar-refractivity contribution in [3.05, 3.63) is 11.1 Å². The highest BCUT2D eigenvalue weighted by Gasteiger charge is 2.64. The third-order valence-electron chi connectivity index (χ3n) is 11.2. The lowest BCUT2D eigenvalue weighted by Gasteiger charge is -2.52. The first-order valence-electron chi connectivity index (χ1n) is 13.1. The molecule has 4 nitrogen and oxygen atoms in total. The third-order valence-corrected chi connectivity index (χ3v) is 11.2. The van der Waals surface area contributed by atoms with E-state index in [4.69, 9.17) is 4.74 Å². The molecular formula is C27H41NO3.